The molecule has 0 unspecified atom stereocenters. The molecular formula is C14H17NO5S. The smallest absolute Gasteiger partial charge is 0.276 e. The Kier molecular flexibility index (Phi) is 4.32. The van der Waals surface area contributed by atoms with Gasteiger partial charge in [0.05, 0.1) is 5.75 Å². The number of hydrogen-bond donors (Lipinski definition) is 0. The summed E-state index contributed by atoms with van der Waals surface area (Å²) in [6.07, 6.45) is -0.485. The lowest BCUT2D eigenvalue weighted by Gasteiger charge is -2.20. The number of carbonyl (C=O) groups excluding carboxylic acids is 2. The number of ketones is 1. The van der Waals surface area contributed by atoms with Gasteiger partial charge in [-0.1, -0.05) is 12.1 Å². The highest BCUT2D eigenvalue weighted by Gasteiger charge is 2.35. The summed E-state index contributed by atoms with van der Waals surface area (Å²) in [6, 6.07) is 6.45. The van der Waals surface area contributed by atoms with E-state index < -0.39 is 22.0 Å². The lowest BCUT2D eigenvalue weighted by molar-refractivity contribution is -0.132. The zero-order chi connectivity index (χ0) is 15.6. The molecule has 1 fully saturated rings. The minimum absolute atomic E-state index is 0.00865. The van der Waals surface area contributed by atoms with Crippen molar-refractivity contribution in [1.29, 1.82) is 0 Å². The summed E-state index contributed by atoms with van der Waals surface area (Å²) in [6.45, 7) is 3.13. The van der Waals surface area contributed by atoms with Gasteiger partial charge in [0.1, 0.15) is 5.75 Å². The maximum absolute atomic E-state index is 12.1. The second-order valence-corrected chi connectivity index (χ2v) is 6.94. The molecule has 1 atom stereocenters. The predicted octanol–water partition coefficient (Wildman–Crippen LogP) is 1.22. The molecule has 0 bridgehead atoms. The van der Waals surface area contributed by atoms with Crippen molar-refractivity contribution in [2.75, 3.05) is 12.3 Å². The Morgan fingerprint density at radius 2 is 2.05 bits per heavy atom. The van der Waals surface area contributed by atoms with E-state index in [4.69, 9.17) is 4.74 Å². The maximum atomic E-state index is 12.1. The molecule has 0 saturated carbocycles. The first kappa shape index (κ1) is 15.5. The van der Waals surface area contributed by atoms with Crippen molar-refractivity contribution in [1.82, 2.24) is 4.31 Å². The van der Waals surface area contributed by atoms with Gasteiger partial charge in [0.2, 0.25) is 10.0 Å². The van der Waals surface area contributed by atoms with Gasteiger partial charge in [0.15, 0.2) is 11.9 Å². The molecular weight excluding hydrogens is 294 g/mol. The van der Waals surface area contributed by atoms with Crippen molar-refractivity contribution in [2.45, 2.75) is 26.4 Å². The highest BCUT2D eigenvalue weighted by molar-refractivity contribution is 7.89. The van der Waals surface area contributed by atoms with Crippen molar-refractivity contribution in [3.8, 4) is 5.75 Å². The Bertz CT molecular complexity index is 668. The number of carbonyl (C=O) groups is 2. The average Bonchev–Trinajstić information content (AvgIpc) is 2.77. The normalized spacial score (nSPS) is 18.3. The average molecular weight is 311 g/mol. The Morgan fingerprint density at radius 3 is 2.62 bits per heavy atom. The van der Waals surface area contributed by atoms with Crippen molar-refractivity contribution in [2.24, 2.45) is 0 Å². The fourth-order valence-corrected chi connectivity index (χ4v) is 3.68. The second kappa shape index (κ2) is 5.85. The van der Waals surface area contributed by atoms with E-state index in [-0.39, 0.29) is 18.1 Å². The lowest BCUT2D eigenvalue weighted by Crippen LogP contribution is -2.41. The molecule has 1 aliphatic rings. The van der Waals surface area contributed by atoms with Crippen LogP contribution >= 0.6 is 0 Å². The highest BCUT2D eigenvalue weighted by atomic mass is 32.2. The molecule has 1 saturated heterocycles. The van der Waals surface area contributed by atoms with E-state index in [0.717, 1.165) is 4.31 Å². The van der Waals surface area contributed by atoms with Crippen LogP contribution in [0, 0.1) is 0 Å². The highest BCUT2D eigenvalue weighted by Crippen LogP contribution is 2.19. The molecule has 1 aliphatic heterocycles. The maximum Gasteiger partial charge on any atom is 0.276 e. The number of ether oxygens (including phenoxy) is 1. The van der Waals surface area contributed by atoms with Gasteiger partial charge in [-0.15, -0.1) is 0 Å². The zero-order valence-electron chi connectivity index (χ0n) is 11.9. The van der Waals surface area contributed by atoms with Crippen LogP contribution in [0.25, 0.3) is 0 Å². The molecule has 0 aliphatic carbocycles. The van der Waals surface area contributed by atoms with Crippen molar-refractivity contribution in [3.05, 3.63) is 29.8 Å². The van der Waals surface area contributed by atoms with E-state index >= 15 is 0 Å². The molecule has 0 spiro atoms. The Balaban J connectivity index is 2.11. The lowest BCUT2D eigenvalue weighted by atomic mass is 10.1. The van der Waals surface area contributed by atoms with Gasteiger partial charge in [-0.25, -0.2) is 12.7 Å². The van der Waals surface area contributed by atoms with Gasteiger partial charge in [-0.2, -0.15) is 0 Å². The third-order valence-electron chi connectivity index (χ3n) is 3.25. The first-order chi connectivity index (χ1) is 9.81. The molecule has 2 rings (SSSR count). The number of benzene rings is 1. The molecule has 7 heteroatoms. The van der Waals surface area contributed by atoms with Crippen LogP contribution < -0.4 is 4.74 Å². The van der Waals surface area contributed by atoms with Crippen LogP contribution in [-0.4, -0.2) is 42.8 Å². The largest absolute Gasteiger partial charge is 0.481 e. The Morgan fingerprint density at radius 1 is 1.33 bits per heavy atom. The molecule has 21 heavy (non-hydrogen) atoms. The van der Waals surface area contributed by atoms with E-state index in [1.54, 1.807) is 18.2 Å². The molecule has 114 valence electrons. The monoisotopic (exact) mass is 311 g/mol. The van der Waals surface area contributed by atoms with Gasteiger partial charge in [0.25, 0.3) is 5.91 Å². The Hall–Kier alpha value is -1.89. The standard InChI is InChI=1S/C14H17NO5S/c1-10(16)12-5-3-6-13(9-12)20-11(2)14(17)15-7-4-8-21(15,18)19/h3,5-6,9,11H,4,7-8H2,1-2H3/t11-/m0/s1. The van der Waals surface area contributed by atoms with Crippen molar-refractivity contribution in [3.63, 3.8) is 0 Å². The SMILES string of the molecule is CC(=O)c1cccc(O[C@@H](C)C(=O)N2CCCS2(=O)=O)c1. The third kappa shape index (κ3) is 3.41. The van der Waals surface area contributed by atoms with Gasteiger partial charge in [0, 0.05) is 12.1 Å². The minimum Gasteiger partial charge on any atom is -0.481 e. The number of nitrogens with zero attached hydrogens (tertiary/aromatic N) is 1. The fourth-order valence-electron chi connectivity index (χ4n) is 2.13. The summed E-state index contributed by atoms with van der Waals surface area (Å²) < 4.78 is 29.7. The quantitative estimate of drug-likeness (QED) is 0.781. The molecule has 1 aromatic rings. The molecule has 0 N–H and O–H groups in total. The number of hydrogen-bond acceptors (Lipinski definition) is 5. The molecule has 1 aromatic carbocycles. The molecule has 0 aromatic heterocycles. The topological polar surface area (TPSA) is 80.8 Å². The molecule has 6 nitrogen and oxygen atoms in total. The summed E-state index contributed by atoms with van der Waals surface area (Å²) in [4.78, 5) is 23.4. The molecule has 0 radical (unpaired) electrons. The molecule has 1 heterocycles. The summed E-state index contributed by atoms with van der Waals surface area (Å²) >= 11 is 0. The summed E-state index contributed by atoms with van der Waals surface area (Å²) in [5.41, 5.74) is 0.473. The van der Waals surface area contributed by atoms with Gasteiger partial charge in [-0.3, -0.25) is 9.59 Å². The van der Waals surface area contributed by atoms with Crippen LogP contribution in [0.4, 0.5) is 0 Å². The van der Waals surface area contributed by atoms with E-state index in [1.807, 2.05) is 0 Å². The number of rotatable bonds is 4. The number of Topliss-reactive ketones (excluding diaryl/α,β-unsaturated/α-hetero) is 1. The van der Waals surface area contributed by atoms with Crippen LogP contribution in [0.1, 0.15) is 30.6 Å². The van der Waals surface area contributed by atoms with E-state index in [2.05, 4.69) is 0 Å². The van der Waals surface area contributed by atoms with Crippen LogP contribution in [0.15, 0.2) is 24.3 Å². The summed E-state index contributed by atoms with van der Waals surface area (Å²) in [7, 11) is -3.50. The van der Waals surface area contributed by atoms with Gasteiger partial charge in [-0.05, 0) is 32.4 Å². The first-order valence-electron chi connectivity index (χ1n) is 6.63. The second-order valence-electron chi connectivity index (χ2n) is 4.92. The van der Waals surface area contributed by atoms with Crippen LogP contribution in [0.2, 0.25) is 0 Å². The van der Waals surface area contributed by atoms with Crippen LogP contribution in [0.3, 0.4) is 0 Å². The van der Waals surface area contributed by atoms with Crippen molar-refractivity contribution < 1.29 is 22.7 Å². The van der Waals surface area contributed by atoms with Gasteiger partial charge >= 0.3 is 0 Å². The van der Waals surface area contributed by atoms with E-state index in [1.165, 1.54) is 19.9 Å². The predicted molar refractivity (Wildman–Crippen MR) is 76.7 cm³/mol. The zero-order valence-corrected chi connectivity index (χ0v) is 12.7. The Labute approximate surface area is 123 Å². The minimum atomic E-state index is -3.50. The van der Waals surface area contributed by atoms with E-state index in [9.17, 15) is 18.0 Å². The number of sulfonamides is 1. The van der Waals surface area contributed by atoms with E-state index in [0.29, 0.717) is 17.7 Å². The number of amides is 1. The fraction of sp³-hybridized carbons (Fsp3) is 0.429. The molecule has 1 amide bonds. The van der Waals surface area contributed by atoms with Crippen LogP contribution in [-0.2, 0) is 14.8 Å². The van der Waals surface area contributed by atoms with Crippen molar-refractivity contribution >= 4 is 21.7 Å². The first-order valence-corrected chi connectivity index (χ1v) is 8.24. The van der Waals surface area contributed by atoms with Gasteiger partial charge < -0.3 is 4.74 Å². The van der Waals surface area contributed by atoms with Crippen LogP contribution in [0.5, 0.6) is 5.75 Å². The summed E-state index contributed by atoms with van der Waals surface area (Å²) in [5, 5.41) is 0. The summed E-state index contributed by atoms with van der Waals surface area (Å²) in [5.74, 6) is -0.340. The third-order valence-corrected chi connectivity index (χ3v) is 5.08.